The Hall–Kier alpha value is -2.86. The third-order valence-electron chi connectivity index (χ3n) is 6.94. The predicted octanol–water partition coefficient (Wildman–Crippen LogP) is 2.75. The van der Waals surface area contributed by atoms with Gasteiger partial charge in [0, 0.05) is 58.3 Å². The lowest BCUT2D eigenvalue weighted by Crippen LogP contribution is -2.30. The molecule has 6 heteroatoms. The first-order valence-corrected chi connectivity index (χ1v) is 11.5. The first-order valence-electron chi connectivity index (χ1n) is 11.5. The average Bonchev–Trinajstić information content (AvgIpc) is 3.21. The molecule has 170 valence electrons. The van der Waals surface area contributed by atoms with Crippen LogP contribution in [-0.4, -0.2) is 55.3 Å². The predicted molar refractivity (Wildman–Crippen MR) is 127 cm³/mol. The molecular weight excluding hydrogens is 400 g/mol. The van der Waals surface area contributed by atoms with Gasteiger partial charge in [0.05, 0.1) is 5.92 Å². The summed E-state index contributed by atoms with van der Waals surface area (Å²) in [4.78, 5) is 30.1. The Labute approximate surface area is 191 Å². The van der Waals surface area contributed by atoms with Crippen LogP contribution in [0.1, 0.15) is 41.5 Å². The van der Waals surface area contributed by atoms with Gasteiger partial charge in [0.15, 0.2) is 0 Å². The molecule has 2 aromatic rings. The Morgan fingerprint density at radius 3 is 2.44 bits per heavy atom. The summed E-state index contributed by atoms with van der Waals surface area (Å²) in [5.74, 6) is -0.697. The zero-order chi connectivity index (χ0) is 22.8. The Balaban J connectivity index is 1.39. The summed E-state index contributed by atoms with van der Waals surface area (Å²) in [5.41, 5.74) is 12.1. The summed E-state index contributed by atoms with van der Waals surface area (Å²) in [6.45, 7) is 5.39. The number of likely N-dealkylation sites (tertiary alicyclic amines) is 1. The molecule has 0 aliphatic carbocycles. The molecule has 6 nitrogen and oxygen atoms in total. The number of rotatable bonds is 6. The van der Waals surface area contributed by atoms with Gasteiger partial charge in [0.1, 0.15) is 0 Å². The highest BCUT2D eigenvalue weighted by atomic mass is 16.2. The van der Waals surface area contributed by atoms with Crippen LogP contribution in [0.25, 0.3) is 0 Å². The van der Waals surface area contributed by atoms with Crippen molar-refractivity contribution in [3.8, 4) is 0 Å². The first kappa shape index (κ1) is 22.3. The number of benzene rings is 2. The van der Waals surface area contributed by atoms with E-state index in [2.05, 4.69) is 66.4 Å². The van der Waals surface area contributed by atoms with E-state index >= 15 is 0 Å². The fourth-order valence-electron chi connectivity index (χ4n) is 5.17. The lowest BCUT2D eigenvalue weighted by molar-refractivity contribution is -0.128. The number of aryl methyl sites for hydroxylation is 1. The van der Waals surface area contributed by atoms with Crippen molar-refractivity contribution in [1.82, 2.24) is 9.80 Å². The van der Waals surface area contributed by atoms with Gasteiger partial charge in [-0.1, -0.05) is 36.4 Å². The third-order valence-corrected chi connectivity index (χ3v) is 6.94. The standard InChI is InChI=1S/C26H34N4O2/c1-18(31)30-16-23(24(17-30)26(27)32)21-9-6-19(7-10-21)14-28(2)15-20-8-11-25-22(13-20)5-4-12-29(25)3/h6-11,13,23-24H,4-5,12,14-17H2,1-3H3,(H2,27,32)/t23-,24+/m1/s1. The van der Waals surface area contributed by atoms with Gasteiger partial charge in [0.2, 0.25) is 11.8 Å². The minimum Gasteiger partial charge on any atom is -0.374 e. The molecule has 2 amide bonds. The Bertz CT molecular complexity index is 988. The molecule has 0 unspecified atom stereocenters. The van der Waals surface area contributed by atoms with Gasteiger partial charge in [-0.3, -0.25) is 14.5 Å². The van der Waals surface area contributed by atoms with E-state index in [4.69, 9.17) is 5.73 Å². The van der Waals surface area contributed by atoms with Gasteiger partial charge in [0.25, 0.3) is 0 Å². The second-order valence-electron chi connectivity index (χ2n) is 9.44. The quantitative estimate of drug-likeness (QED) is 0.759. The molecule has 2 aromatic carbocycles. The molecule has 2 aliphatic heterocycles. The Kier molecular flexibility index (Phi) is 6.51. The molecule has 32 heavy (non-hydrogen) atoms. The summed E-state index contributed by atoms with van der Waals surface area (Å²) in [5, 5.41) is 0. The van der Waals surface area contributed by atoms with Crippen molar-refractivity contribution < 1.29 is 9.59 Å². The van der Waals surface area contributed by atoms with Gasteiger partial charge in [-0.2, -0.15) is 0 Å². The molecule has 2 atom stereocenters. The average molecular weight is 435 g/mol. The zero-order valence-electron chi connectivity index (χ0n) is 19.4. The Morgan fingerprint density at radius 2 is 1.75 bits per heavy atom. The zero-order valence-corrected chi connectivity index (χ0v) is 19.4. The van der Waals surface area contributed by atoms with E-state index in [1.54, 1.807) is 11.8 Å². The largest absolute Gasteiger partial charge is 0.374 e. The molecule has 2 N–H and O–H groups in total. The number of amides is 2. The summed E-state index contributed by atoms with van der Waals surface area (Å²) in [6, 6.07) is 15.3. The van der Waals surface area contributed by atoms with Crippen LogP contribution in [0.2, 0.25) is 0 Å². The Morgan fingerprint density at radius 1 is 1.06 bits per heavy atom. The number of hydrogen-bond donors (Lipinski definition) is 1. The molecule has 0 saturated carbocycles. The van der Waals surface area contributed by atoms with Crippen LogP contribution in [0, 0.1) is 5.92 Å². The first-order chi connectivity index (χ1) is 15.3. The molecule has 1 fully saturated rings. The maximum absolute atomic E-state index is 11.9. The van der Waals surface area contributed by atoms with E-state index < -0.39 is 0 Å². The lowest BCUT2D eigenvalue weighted by atomic mass is 9.88. The van der Waals surface area contributed by atoms with Crippen LogP contribution in [0.15, 0.2) is 42.5 Å². The second kappa shape index (κ2) is 9.33. The number of primary amides is 1. The number of nitrogens with zero attached hydrogens (tertiary/aromatic N) is 3. The minimum atomic E-state index is -0.334. The summed E-state index contributed by atoms with van der Waals surface area (Å²) >= 11 is 0. The van der Waals surface area contributed by atoms with Crippen molar-refractivity contribution in [3.05, 3.63) is 64.7 Å². The van der Waals surface area contributed by atoms with Crippen LogP contribution < -0.4 is 10.6 Å². The highest BCUT2D eigenvalue weighted by molar-refractivity contribution is 5.81. The molecule has 1 saturated heterocycles. The monoisotopic (exact) mass is 434 g/mol. The van der Waals surface area contributed by atoms with E-state index in [1.165, 1.54) is 28.8 Å². The highest BCUT2D eigenvalue weighted by Gasteiger charge is 2.38. The molecule has 0 bridgehead atoms. The normalized spacial score (nSPS) is 20.5. The summed E-state index contributed by atoms with van der Waals surface area (Å²) in [7, 11) is 4.31. The van der Waals surface area contributed by atoms with Crippen molar-refractivity contribution in [3.63, 3.8) is 0 Å². The van der Waals surface area contributed by atoms with Crippen LogP contribution >= 0.6 is 0 Å². The number of fused-ring (bicyclic) bond motifs is 1. The van der Waals surface area contributed by atoms with Gasteiger partial charge in [-0.15, -0.1) is 0 Å². The minimum absolute atomic E-state index is 0.00850. The van der Waals surface area contributed by atoms with Gasteiger partial charge < -0.3 is 15.5 Å². The number of carbonyl (C=O) groups is 2. The fraction of sp³-hybridized carbons (Fsp3) is 0.462. The molecule has 0 spiro atoms. The second-order valence-corrected chi connectivity index (χ2v) is 9.44. The molecule has 2 aliphatic rings. The maximum atomic E-state index is 11.9. The van der Waals surface area contributed by atoms with Crippen molar-refractivity contribution in [2.24, 2.45) is 11.7 Å². The smallest absolute Gasteiger partial charge is 0.223 e. The topological polar surface area (TPSA) is 69.9 Å². The van der Waals surface area contributed by atoms with Crippen molar-refractivity contribution in [2.75, 3.05) is 38.6 Å². The fourth-order valence-corrected chi connectivity index (χ4v) is 5.17. The van der Waals surface area contributed by atoms with E-state index in [1.807, 2.05) is 0 Å². The maximum Gasteiger partial charge on any atom is 0.223 e. The summed E-state index contributed by atoms with van der Waals surface area (Å²) < 4.78 is 0. The number of anilines is 1. The van der Waals surface area contributed by atoms with Crippen molar-refractivity contribution in [1.29, 1.82) is 0 Å². The van der Waals surface area contributed by atoms with Crippen LogP contribution in [0.5, 0.6) is 0 Å². The van der Waals surface area contributed by atoms with Gasteiger partial charge in [-0.25, -0.2) is 0 Å². The van der Waals surface area contributed by atoms with E-state index in [0.29, 0.717) is 13.1 Å². The van der Waals surface area contributed by atoms with Gasteiger partial charge in [-0.05, 0) is 48.2 Å². The van der Waals surface area contributed by atoms with Gasteiger partial charge >= 0.3 is 0 Å². The molecule has 2 heterocycles. The van der Waals surface area contributed by atoms with Crippen molar-refractivity contribution in [2.45, 2.75) is 38.8 Å². The van der Waals surface area contributed by atoms with Crippen LogP contribution in [-0.2, 0) is 29.1 Å². The highest BCUT2D eigenvalue weighted by Crippen LogP contribution is 2.33. The number of carbonyl (C=O) groups excluding carboxylic acids is 2. The van der Waals surface area contributed by atoms with E-state index in [9.17, 15) is 9.59 Å². The molecular formula is C26H34N4O2. The van der Waals surface area contributed by atoms with Crippen molar-refractivity contribution >= 4 is 17.5 Å². The molecule has 0 aromatic heterocycles. The number of nitrogens with two attached hydrogens (primary N) is 1. The summed E-state index contributed by atoms with van der Waals surface area (Å²) in [6.07, 6.45) is 2.38. The van der Waals surface area contributed by atoms with Crippen LogP contribution in [0.4, 0.5) is 5.69 Å². The molecule has 0 radical (unpaired) electrons. The number of hydrogen-bond acceptors (Lipinski definition) is 4. The SMILES string of the molecule is CC(=O)N1C[C@H](C(N)=O)[C@@H](c2ccc(CN(C)Cc3ccc4c(c3)CCCN4C)cc2)C1. The molecule has 4 rings (SSSR count). The van der Waals surface area contributed by atoms with E-state index in [0.717, 1.165) is 31.6 Å². The van der Waals surface area contributed by atoms with Crippen LogP contribution in [0.3, 0.4) is 0 Å². The van der Waals surface area contributed by atoms with E-state index in [-0.39, 0.29) is 23.7 Å². The third kappa shape index (κ3) is 4.80. The lowest BCUT2D eigenvalue weighted by Gasteiger charge is -2.28.